The number of carbonyl (C=O) groups excluding carboxylic acids is 1. The molecule has 2 aromatic rings. The van der Waals surface area contributed by atoms with Crippen molar-refractivity contribution in [3.8, 4) is 11.4 Å². The maximum atomic E-state index is 12.1. The number of nitrogens with zero attached hydrogens (tertiary/aromatic N) is 4. The first-order valence-electron chi connectivity index (χ1n) is 8.00. The third-order valence-electron chi connectivity index (χ3n) is 4.36. The van der Waals surface area contributed by atoms with Crippen molar-refractivity contribution in [3.05, 3.63) is 29.8 Å². The molecule has 0 saturated heterocycles. The molecule has 0 bridgehead atoms. The van der Waals surface area contributed by atoms with E-state index in [9.17, 15) is 4.79 Å². The molecule has 0 radical (unpaired) electrons. The number of benzene rings is 1. The fourth-order valence-corrected chi connectivity index (χ4v) is 3.02. The van der Waals surface area contributed by atoms with Crippen molar-refractivity contribution in [2.24, 2.45) is 11.7 Å². The average molecular weight is 351 g/mol. The van der Waals surface area contributed by atoms with Crippen molar-refractivity contribution >= 4 is 18.3 Å². The molecule has 1 heterocycles. The Kier molecular flexibility index (Phi) is 6.28. The molecule has 1 saturated carbocycles. The van der Waals surface area contributed by atoms with Crippen molar-refractivity contribution in [3.63, 3.8) is 0 Å². The zero-order valence-corrected chi connectivity index (χ0v) is 14.5. The number of aryl methyl sites for hydroxylation is 1. The molecule has 0 aliphatic heterocycles. The third kappa shape index (κ3) is 4.30. The van der Waals surface area contributed by atoms with Gasteiger partial charge in [-0.25, -0.2) is 0 Å². The van der Waals surface area contributed by atoms with E-state index in [-0.39, 0.29) is 30.9 Å². The van der Waals surface area contributed by atoms with Crippen LogP contribution in [-0.2, 0) is 11.3 Å². The summed E-state index contributed by atoms with van der Waals surface area (Å²) in [6, 6.07) is 8.06. The lowest BCUT2D eigenvalue weighted by Crippen LogP contribution is -2.41. The number of aromatic nitrogens is 4. The van der Waals surface area contributed by atoms with E-state index in [1.165, 1.54) is 10.4 Å². The van der Waals surface area contributed by atoms with Gasteiger partial charge in [0.2, 0.25) is 11.7 Å². The molecule has 2 unspecified atom stereocenters. The van der Waals surface area contributed by atoms with Crippen LogP contribution in [0.15, 0.2) is 24.3 Å². The van der Waals surface area contributed by atoms with E-state index in [0.29, 0.717) is 18.3 Å². The third-order valence-corrected chi connectivity index (χ3v) is 4.36. The largest absolute Gasteiger partial charge is 0.351 e. The van der Waals surface area contributed by atoms with E-state index in [1.807, 2.05) is 31.2 Å². The highest BCUT2D eigenvalue weighted by Gasteiger charge is 2.27. The molecule has 1 aliphatic carbocycles. The summed E-state index contributed by atoms with van der Waals surface area (Å²) in [5.74, 6) is 0.812. The van der Waals surface area contributed by atoms with E-state index >= 15 is 0 Å². The Balaban J connectivity index is 0.00000208. The molecule has 0 spiro atoms. The van der Waals surface area contributed by atoms with Gasteiger partial charge < -0.3 is 11.1 Å². The second-order valence-corrected chi connectivity index (χ2v) is 6.11. The number of carbonyl (C=O) groups is 1. The highest BCUT2D eigenvalue weighted by Crippen LogP contribution is 2.24. The van der Waals surface area contributed by atoms with Gasteiger partial charge in [0.15, 0.2) is 0 Å². The van der Waals surface area contributed by atoms with E-state index in [4.69, 9.17) is 5.73 Å². The van der Waals surface area contributed by atoms with Gasteiger partial charge in [-0.2, -0.15) is 4.80 Å². The van der Waals surface area contributed by atoms with Crippen molar-refractivity contribution in [1.29, 1.82) is 0 Å². The summed E-state index contributed by atoms with van der Waals surface area (Å²) in [6.45, 7) is 2.72. The lowest BCUT2D eigenvalue weighted by atomic mass is 10.0. The van der Waals surface area contributed by atoms with Crippen LogP contribution in [0.2, 0.25) is 0 Å². The van der Waals surface area contributed by atoms with E-state index < -0.39 is 0 Å². The number of hydrogen-bond donors (Lipinski definition) is 2. The lowest BCUT2D eigenvalue weighted by Gasteiger charge is -2.19. The highest BCUT2D eigenvalue weighted by molar-refractivity contribution is 5.85. The van der Waals surface area contributed by atoms with Crippen molar-refractivity contribution in [2.45, 2.75) is 38.8 Å². The zero-order chi connectivity index (χ0) is 16.2. The van der Waals surface area contributed by atoms with Crippen LogP contribution in [0.3, 0.4) is 0 Å². The first-order chi connectivity index (χ1) is 11.2. The van der Waals surface area contributed by atoms with E-state index in [2.05, 4.69) is 20.7 Å². The Morgan fingerprint density at radius 1 is 1.33 bits per heavy atom. The van der Waals surface area contributed by atoms with Gasteiger partial charge in [-0.1, -0.05) is 36.2 Å². The number of amides is 1. The number of hydrogen-bond acceptors (Lipinski definition) is 5. The first kappa shape index (κ1) is 18.4. The number of nitrogens with one attached hydrogen (secondary N) is 1. The van der Waals surface area contributed by atoms with Crippen LogP contribution in [0.5, 0.6) is 0 Å². The fraction of sp³-hybridized carbons (Fsp3) is 0.500. The SMILES string of the molecule is Cc1ccc(-c2nnn(CC(=O)NC3CCCC3CN)n2)cc1.Cl. The topological polar surface area (TPSA) is 98.7 Å². The first-order valence-corrected chi connectivity index (χ1v) is 8.00. The Morgan fingerprint density at radius 3 is 2.79 bits per heavy atom. The zero-order valence-electron chi connectivity index (χ0n) is 13.7. The summed E-state index contributed by atoms with van der Waals surface area (Å²) in [6.07, 6.45) is 3.19. The molecule has 7 nitrogen and oxygen atoms in total. The van der Waals surface area contributed by atoms with Crippen LogP contribution >= 0.6 is 12.4 Å². The van der Waals surface area contributed by atoms with Crippen LogP contribution in [0.1, 0.15) is 24.8 Å². The summed E-state index contributed by atoms with van der Waals surface area (Å²) >= 11 is 0. The fourth-order valence-electron chi connectivity index (χ4n) is 3.02. The normalized spacial score (nSPS) is 19.8. The van der Waals surface area contributed by atoms with Crippen LogP contribution in [0, 0.1) is 12.8 Å². The summed E-state index contributed by atoms with van der Waals surface area (Å²) in [5, 5.41) is 15.3. The Morgan fingerprint density at radius 2 is 2.08 bits per heavy atom. The predicted molar refractivity (Wildman–Crippen MR) is 93.6 cm³/mol. The number of nitrogens with two attached hydrogens (primary N) is 1. The molecular formula is C16H23ClN6O. The number of halogens is 1. The standard InChI is InChI=1S/C16H22N6O.ClH/c1-11-5-7-12(8-6-11)16-19-21-22(20-16)10-15(23)18-14-4-2-3-13(14)9-17;/h5-8,13-14H,2-4,9-10,17H2,1H3,(H,18,23);1H. The maximum Gasteiger partial charge on any atom is 0.243 e. The second-order valence-electron chi connectivity index (χ2n) is 6.11. The lowest BCUT2D eigenvalue weighted by molar-refractivity contribution is -0.123. The van der Waals surface area contributed by atoms with Crippen LogP contribution in [0.25, 0.3) is 11.4 Å². The van der Waals surface area contributed by atoms with Gasteiger partial charge in [0.25, 0.3) is 0 Å². The summed E-state index contributed by atoms with van der Waals surface area (Å²) in [4.78, 5) is 13.5. The van der Waals surface area contributed by atoms with Gasteiger partial charge in [-0.15, -0.1) is 22.6 Å². The maximum absolute atomic E-state index is 12.1. The van der Waals surface area contributed by atoms with Gasteiger partial charge in [-0.3, -0.25) is 4.79 Å². The quantitative estimate of drug-likeness (QED) is 0.847. The molecule has 3 N–H and O–H groups in total. The molecule has 1 aromatic heterocycles. The number of rotatable bonds is 5. The molecule has 1 aromatic carbocycles. The van der Waals surface area contributed by atoms with Crippen LogP contribution < -0.4 is 11.1 Å². The van der Waals surface area contributed by atoms with Gasteiger partial charge in [0, 0.05) is 11.6 Å². The minimum absolute atomic E-state index is 0. The molecule has 1 fully saturated rings. The Labute approximate surface area is 147 Å². The molecule has 130 valence electrons. The van der Waals surface area contributed by atoms with Gasteiger partial charge in [0.1, 0.15) is 6.54 Å². The average Bonchev–Trinajstić information content (AvgIpc) is 3.17. The van der Waals surface area contributed by atoms with Crippen LogP contribution in [0.4, 0.5) is 0 Å². The van der Waals surface area contributed by atoms with Gasteiger partial charge >= 0.3 is 0 Å². The summed E-state index contributed by atoms with van der Waals surface area (Å²) in [7, 11) is 0. The van der Waals surface area contributed by atoms with Gasteiger partial charge in [-0.05, 0) is 37.4 Å². The Bertz CT molecular complexity index is 671. The van der Waals surface area contributed by atoms with E-state index in [0.717, 1.165) is 24.8 Å². The van der Waals surface area contributed by atoms with Gasteiger partial charge in [0.05, 0.1) is 0 Å². The molecule has 3 rings (SSSR count). The molecular weight excluding hydrogens is 328 g/mol. The van der Waals surface area contributed by atoms with Crippen molar-refractivity contribution in [2.75, 3.05) is 6.54 Å². The monoisotopic (exact) mass is 350 g/mol. The molecule has 24 heavy (non-hydrogen) atoms. The molecule has 1 aliphatic rings. The minimum Gasteiger partial charge on any atom is -0.351 e. The Hall–Kier alpha value is -1.99. The summed E-state index contributed by atoms with van der Waals surface area (Å²) < 4.78 is 0. The van der Waals surface area contributed by atoms with Crippen molar-refractivity contribution in [1.82, 2.24) is 25.5 Å². The predicted octanol–water partition coefficient (Wildman–Crippen LogP) is 1.31. The molecule has 1 amide bonds. The van der Waals surface area contributed by atoms with Crippen LogP contribution in [-0.4, -0.2) is 38.7 Å². The number of tetrazole rings is 1. The molecule has 8 heteroatoms. The highest BCUT2D eigenvalue weighted by atomic mass is 35.5. The minimum atomic E-state index is -0.0943. The van der Waals surface area contributed by atoms with Crippen molar-refractivity contribution < 1.29 is 4.79 Å². The smallest absolute Gasteiger partial charge is 0.243 e. The summed E-state index contributed by atoms with van der Waals surface area (Å²) in [5.41, 5.74) is 7.80. The van der Waals surface area contributed by atoms with E-state index in [1.54, 1.807) is 0 Å². The molecule has 2 atom stereocenters. The second kappa shape index (κ2) is 8.21.